The third-order valence-corrected chi connectivity index (χ3v) is 5.42. The molecule has 0 N–H and O–H groups in total. The van der Waals surface area contributed by atoms with Gasteiger partial charge >= 0.3 is 0 Å². The highest BCUT2D eigenvalue weighted by Crippen LogP contribution is 2.31. The van der Waals surface area contributed by atoms with Crippen LogP contribution in [0.3, 0.4) is 0 Å². The summed E-state index contributed by atoms with van der Waals surface area (Å²) in [4.78, 5) is 0. The van der Waals surface area contributed by atoms with Gasteiger partial charge in [-0.05, 0) is 63.1 Å². The lowest BCUT2D eigenvalue weighted by Gasteiger charge is -2.33. The molecular weight excluding hydrogens is 318 g/mol. The summed E-state index contributed by atoms with van der Waals surface area (Å²) in [6.07, 6.45) is 11.8. The number of methoxy groups -OCH3 is 1. The molecule has 0 radical (unpaired) electrons. The molecule has 0 amide bonds. The highest BCUT2D eigenvalue weighted by atomic mass is 19.2. The van der Waals surface area contributed by atoms with Gasteiger partial charge in [-0.25, -0.2) is 8.78 Å². The highest BCUT2D eigenvalue weighted by Gasteiger charge is 2.28. The van der Waals surface area contributed by atoms with Gasteiger partial charge in [0.15, 0.2) is 11.6 Å². The van der Waals surface area contributed by atoms with Crippen LogP contribution in [0.1, 0.15) is 84.1 Å². The van der Waals surface area contributed by atoms with E-state index in [1.165, 1.54) is 57.1 Å². The lowest BCUT2D eigenvalue weighted by Crippen LogP contribution is -2.33. The molecule has 1 unspecified atom stereocenters. The summed E-state index contributed by atoms with van der Waals surface area (Å²) < 4.78 is 32.0. The van der Waals surface area contributed by atoms with Gasteiger partial charge in [0.05, 0.1) is 5.60 Å². The summed E-state index contributed by atoms with van der Waals surface area (Å²) in [5, 5.41) is 0. The van der Waals surface area contributed by atoms with Crippen LogP contribution in [-0.2, 0) is 11.2 Å². The molecule has 1 rings (SSSR count). The fourth-order valence-electron chi connectivity index (χ4n) is 3.42. The van der Waals surface area contributed by atoms with E-state index in [1.807, 2.05) is 0 Å². The fourth-order valence-corrected chi connectivity index (χ4v) is 3.42. The number of hydrogen-bond donors (Lipinski definition) is 0. The number of ether oxygens (including phenoxy) is 1. The molecule has 0 bridgehead atoms. The first kappa shape index (κ1) is 22.1. The Morgan fingerprint density at radius 3 is 2.20 bits per heavy atom. The van der Waals surface area contributed by atoms with E-state index < -0.39 is 11.6 Å². The third kappa shape index (κ3) is 8.31. The van der Waals surface area contributed by atoms with Crippen molar-refractivity contribution in [2.75, 3.05) is 7.11 Å². The second kappa shape index (κ2) is 11.6. The Labute approximate surface area is 153 Å². The molecule has 0 fully saturated rings. The second-order valence-corrected chi connectivity index (χ2v) is 7.70. The Morgan fingerprint density at radius 2 is 1.56 bits per heavy atom. The van der Waals surface area contributed by atoms with E-state index in [1.54, 1.807) is 13.2 Å². The van der Waals surface area contributed by atoms with E-state index in [2.05, 4.69) is 20.8 Å². The second-order valence-electron chi connectivity index (χ2n) is 7.70. The van der Waals surface area contributed by atoms with Crippen molar-refractivity contribution in [2.45, 2.75) is 90.6 Å². The summed E-state index contributed by atoms with van der Waals surface area (Å²) in [5.41, 5.74) is 0.727. The first-order valence-corrected chi connectivity index (χ1v) is 9.89. The lowest BCUT2D eigenvalue weighted by molar-refractivity contribution is -0.0350. The molecule has 0 heterocycles. The maximum atomic E-state index is 13.3. The van der Waals surface area contributed by atoms with Crippen LogP contribution in [0.2, 0.25) is 0 Å². The number of hydrogen-bond acceptors (Lipinski definition) is 1. The smallest absolute Gasteiger partial charge is 0.159 e. The van der Waals surface area contributed by atoms with Crippen LogP contribution in [0.15, 0.2) is 18.2 Å². The van der Waals surface area contributed by atoms with Crippen LogP contribution in [0.25, 0.3) is 0 Å². The molecule has 0 aliphatic rings. The Bertz CT molecular complexity index is 485. The zero-order valence-corrected chi connectivity index (χ0v) is 16.5. The van der Waals surface area contributed by atoms with Crippen LogP contribution in [0.4, 0.5) is 8.78 Å². The quantitative estimate of drug-likeness (QED) is 0.344. The Balaban J connectivity index is 2.43. The summed E-state index contributed by atoms with van der Waals surface area (Å²) in [6, 6.07) is 4.22. The maximum Gasteiger partial charge on any atom is 0.159 e. The highest BCUT2D eigenvalue weighted by molar-refractivity contribution is 5.17. The summed E-state index contributed by atoms with van der Waals surface area (Å²) in [5.74, 6) is -1.03. The fraction of sp³-hybridized carbons (Fsp3) is 0.727. The average molecular weight is 355 g/mol. The van der Waals surface area contributed by atoms with Crippen LogP contribution >= 0.6 is 0 Å². The van der Waals surface area contributed by atoms with Crippen molar-refractivity contribution in [2.24, 2.45) is 5.92 Å². The van der Waals surface area contributed by atoms with Crippen LogP contribution < -0.4 is 0 Å². The van der Waals surface area contributed by atoms with Gasteiger partial charge in [-0.15, -0.1) is 0 Å². The molecule has 0 aliphatic carbocycles. The summed E-state index contributed by atoms with van der Waals surface area (Å²) in [6.45, 7) is 6.56. The van der Waals surface area contributed by atoms with Crippen LogP contribution in [0, 0.1) is 17.6 Å². The molecule has 1 aromatic rings. The molecule has 0 aliphatic heterocycles. The van der Waals surface area contributed by atoms with Crippen molar-refractivity contribution >= 4 is 0 Å². The topological polar surface area (TPSA) is 9.23 Å². The third-order valence-electron chi connectivity index (χ3n) is 5.42. The number of benzene rings is 1. The van der Waals surface area contributed by atoms with Crippen molar-refractivity contribution in [3.8, 4) is 0 Å². The molecule has 0 spiro atoms. The first-order chi connectivity index (χ1) is 11.9. The monoisotopic (exact) mass is 354 g/mol. The Kier molecular flexibility index (Phi) is 10.3. The number of rotatable bonds is 13. The largest absolute Gasteiger partial charge is 0.379 e. The Hall–Kier alpha value is -0.960. The molecule has 1 atom stereocenters. The predicted octanol–water partition coefficient (Wildman–Crippen LogP) is 7.08. The molecule has 0 saturated heterocycles. The normalized spacial score (nSPS) is 13.2. The number of aryl methyl sites for hydroxylation is 1. The summed E-state index contributed by atoms with van der Waals surface area (Å²) in [7, 11) is 1.78. The van der Waals surface area contributed by atoms with E-state index in [4.69, 9.17) is 4.74 Å². The van der Waals surface area contributed by atoms with Crippen LogP contribution in [0.5, 0.6) is 0 Å². The summed E-state index contributed by atoms with van der Waals surface area (Å²) >= 11 is 0. The van der Waals surface area contributed by atoms with Gasteiger partial charge in [-0.1, -0.05) is 51.5 Å². The molecule has 25 heavy (non-hydrogen) atoms. The minimum atomic E-state index is -0.773. The minimum absolute atomic E-state index is 0.141. The van der Waals surface area contributed by atoms with Crippen molar-refractivity contribution in [3.63, 3.8) is 0 Å². The van der Waals surface area contributed by atoms with Gasteiger partial charge in [0.25, 0.3) is 0 Å². The maximum absolute atomic E-state index is 13.3. The van der Waals surface area contributed by atoms with Gasteiger partial charge in [-0.3, -0.25) is 0 Å². The van der Waals surface area contributed by atoms with E-state index in [0.29, 0.717) is 5.92 Å². The Morgan fingerprint density at radius 1 is 0.920 bits per heavy atom. The van der Waals surface area contributed by atoms with Crippen molar-refractivity contribution in [1.29, 1.82) is 0 Å². The van der Waals surface area contributed by atoms with E-state index >= 15 is 0 Å². The molecule has 1 aromatic carbocycles. The zero-order chi connectivity index (χ0) is 18.7. The lowest BCUT2D eigenvalue weighted by atomic mass is 9.82. The zero-order valence-electron chi connectivity index (χ0n) is 16.5. The van der Waals surface area contributed by atoms with Crippen molar-refractivity contribution in [1.82, 2.24) is 0 Å². The molecular formula is C22H36F2O. The van der Waals surface area contributed by atoms with Gasteiger partial charge in [-0.2, -0.15) is 0 Å². The van der Waals surface area contributed by atoms with Crippen LogP contribution in [-0.4, -0.2) is 12.7 Å². The predicted molar refractivity (Wildman–Crippen MR) is 102 cm³/mol. The molecule has 0 aromatic heterocycles. The first-order valence-electron chi connectivity index (χ1n) is 9.89. The van der Waals surface area contributed by atoms with E-state index in [9.17, 15) is 8.78 Å². The minimum Gasteiger partial charge on any atom is -0.379 e. The molecule has 0 saturated carbocycles. The van der Waals surface area contributed by atoms with E-state index in [0.717, 1.165) is 24.8 Å². The van der Waals surface area contributed by atoms with Gasteiger partial charge in [0.2, 0.25) is 0 Å². The number of unbranched alkanes of at least 4 members (excludes halogenated alkanes) is 5. The average Bonchev–Trinajstić information content (AvgIpc) is 2.59. The van der Waals surface area contributed by atoms with Crippen molar-refractivity contribution < 1.29 is 13.5 Å². The standard InChI is InChI=1S/C22H36F2O/c1-5-6-7-8-9-10-13-19(22(2,3)25-4)14-11-12-18-15-16-20(23)21(24)17-18/h15-17,19H,5-14H2,1-4H3. The van der Waals surface area contributed by atoms with E-state index in [-0.39, 0.29) is 5.60 Å². The van der Waals surface area contributed by atoms with Gasteiger partial charge in [0, 0.05) is 7.11 Å². The van der Waals surface area contributed by atoms with Gasteiger partial charge < -0.3 is 4.74 Å². The SMILES string of the molecule is CCCCCCCCC(CCCc1ccc(F)c(F)c1)C(C)(C)OC. The molecule has 3 heteroatoms. The van der Waals surface area contributed by atoms with Gasteiger partial charge in [0.1, 0.15) is 0 Å². The molecule has 1 nitrogen and oxygen atoms in total. The number of halogens is 2. The molecule has 144 valence electrons. The van der Waals surface area contributed by atoms with Crippen molar-refractivity contribution in [3.05, 3.63) is 35.4 Å².